The first kappa shape index (κ1) is 13.9. The lowest BCUT2D eigenvalue weighted by Crippen LogP contribution is -2.39. The molecule has 3 nitrogen and oxygen atoms in total. The molecule has 1 heterocycles. The van der Waals surface area contributed by atoms with E-state index in [-0.39, 0.29) is 0 Å². The van der Waals surface area contributed by atoms with Crippen LogP contribution in [0.25, 0.3) is 0 Å². The van der Waals surface area contributed by atoms with Crippen LogP contribution in [0.5, 0.6) is 0 Å². The van der Waals surface area contributed by atoms with Crippen molar-refractivity contribution in [3.63, 3.8) is 0 Å². The molecule has 0 aromatic carbocycles. The molecule has 0 aromatic rings. The van der Waals surface area contributed by atoms with Gasteiger partial charge in [0.2, 0.25) is 5.91 Å². The first-order chi connectivity index (χ1) is 8.79. The number of amides is 1. The third-order valence-corrected chi connectivity index (χ3v) is 4.78. The van der Waals surface area contributed by atoms with Gasteiger partial charge in [-0.3, -0.25) is 4.79 Å². The van der Waals surface area contributed by atoms with Crippen LogP contribution in [0.1, 0.15) is 57.8 Å². The Hall–Kier alpha value is -0.570. The Morgan fingerprint density at radius 2 is 1.72 bits per heavy atom. The molecule has 1 saturated carbocycles. The number of rotatable bonds is 5. The van der Waals surface area contributed by atoms with E-state index in [1.807, 2.05) is 0 Å². The Kier molecular flexibility index (Phi) is 5.48. The van der Waals surface area contributed by atoms with Crippen LogP contribution in [0.2, 0.25) is 0 Å². The molecule has 2 aliphatic rings. The summed E-state index contributed by atoms with van der Waals surface area (Å²) in [6.07, 6.45) is 11.0. The number of hydrogen-bond donors (Lipinski definition) is 1. The normalized spacial score (nSPS) is 22.6. The zero-order valence-electron chi connectivity index (χ0n) is 11.6. The highest BCUT2D eigenvalue weighted by atomic mass is 16.2. The van der Waals surface area contributed by atoms with E-state index in [9.17, 15) is 4.79 Å². The maximum absolute atomic E-state index is 12.1. The summed E-state index contributed by atoms with van der Waals surface area (Å²) < 4.78 is 0. The minimum Gasteiger partial charge on any atom is -0.343 e. The van der Waals surface area contributed by atoms with E-state index >= 15 is 0 Å². The Morgan fingerprint density at radius 3 is 2.33 bits per heavy atom. The number of piperidine rings is 1. The second kappa shape index (κ2) is 7.13. The molecule has 2 fully saturated rings. The maximum atomic E-state index is 12.1. The summed E-state index contributed by atoms with van der Waals surface area (Å²) in [6, 6.07) is 0. The van der Waals surface area contributed by atoms with E-state index in [0.29, 0.717) is 11.8 Å². The van der Waals surface area contributed by atoms with Gasteiger partial charge in [0.15, 0.2) is 0 Å². The van der Waals surface area contributed by atoms with Crippen molar-refractivity contribution in [2.24, 2.45) is 17.6 Å². The number of nitrogens with zero attached hydrogens (tertiary/aromatic N) is 1. The average molecular weight is 252 g/mol. The van der Waals surface area contributed by atoms with Crippen LogP contribution in [0.4, 0.5) is 0 Å². The molecule has 1 amide bonds. The average Bonchev–Trinajstić information content (AvgIpc) is 2.92. The minimum atomic E-state index is 0.378. The third-order valence-electron chi connectivity index (χ3n) is 4.78. The molecule has 0 radical (unpaired) electrons. The molecule has 1 aliphatic heterocycles. The second-order valence-electron chi connectivity index (χ2n) is 6.10. The first-order valence-electron chi connectivity index (χ1n) is 7.77. The summed E-state index contributed by atoms with van der Waals surface area (Å²) >= 11 is 0. The van der Waals surface area contributed by atoms with Gasteiger partial charge in [-0.25, -0.2) is 0 Å². The summed E-state index contributed by atoms with van der Waals surface area (Å²) in [5.41, 5.74) is 5.67. The van der Waals surface area contributed by atoms with Crippen LogP contribution >= 0.6 is 0 Å². The molecule has 1 saturated heterocycles. The van der Waals surface area contributed by atoms with Crippen LogP contribution in [0.3, 0.4) is 0 Å². The van der Waals surface area contributed by atoms with Crippen LogP contribution in [-0.4, -0.2) is 30.4 Å². The lowest BCUT2D eigenvalue weighted by molar-refractivity contribution is -0.132. The minimum absolute atomic E-state index is 0.378. The Morgan fingerprint density at radius 1 is 1.06 bits per heavy atom. The molecule has 2 N–H and O–H groups in total. The molecular formula is C15H28N2O. The van der Waals surface area contributed by atoms with Crippen molar-refractivity contribution in [1.82, 2.24) is 4.90 Å². The standard InChI is InChI=1S/C15H28N2O/c16-12-14-8-10-17(11-9-14)15(18)7-3-6-13-4-1-2-5-13/h13-14H,1-12,16H2. The highest BCUT2D eigenvalue weighted by molar-refractivity contribution is 5.76. The molecule has 0 atom stereocenters. The van der Waals surface area contributed by atoms with Crippen molar-refractivity contribution in [2.75, 3.05) is 19.6 Å². The molecule has 2 rings (SSSR count). The van der Waals surface area contributed by atoms with Gasteiger partial charge < -0.3 is 10.6 Å². The predicted molar refractivity (Wildman–Crippen MR) is 74.2 cm³/mol. The number of carbonyl (C=O) groups is 1. The van der Waals surface area contributed by atoms with E-state index < -0.39 is 0 Å². The number of carbonyl (C=O) groups excluding carboxylic acids is 1. The van der Waals surface area contributed by atoms with Gasteiger partial charge in [-0.05, 0) is 44.1 Å². The molecule has 1 aliphatic carbocycles. The van der Waals surface area contributed by atoms with Crippen molar-refractivity contribution in [3.8, 4) is 0 Å². The van der Waals surface area contributed by atoms with Crippen molar-refractivity contribution < 1.29 is 4.79 Å². The number of hydrogen-bond acceptors (Lipinski definition) is 2. The lowest BCUT2D eigenvalue weighted by Gasteiger charge is -2.31. The largest absolute Gasteiger partial charge is 0.343 e. The molecular weight excluding hydrogens is 224 g/mol. The zero-order valence-corrected chi connectivity index (χ0v) is 11.6. The van der Waals surface area contributed by atoms with E-state index in [1.54, 1.807) is 0 Å². The molecule has 104 valence electrons. The second-order valence-corrected chi connectivity index (χ2v) is 6.10. The highest BCUT2D eigenvalue weighted by Crippen LogP contribution is 2.29. The van der Waals surface area contributed by atoms with Crippen molar-refractivity contribution in [1.29, 1.82) is 0 Å². The Labute approximate surface area is 111 Å². The van der Waals surface area contributed by atoms with Crippen LogP contribution in [0, 0.1) is 11.8 Å². The highest BCUT2D eigenvalue weighted by Gasteiger charge is 2.22. The predicted octanol–water partition coefficient (Wildman–Crippen LogP) is 2.54. The lowest BCUT2D eigenvalue weighted by atomic mass is 9.96. The molecule has 0 aromatic heterocycles. The van der Waals surface area contributed by atoms with Crippen molar-refractivity contribution >= 4 is 5.91 Å². The van der Waals surface area contributed by atoms with Gasteiger partial charge >= 0.3 is 0 Å². The first-order valence-corrected chi connectivity index (χ1v) is 7.77. The van der Waals surface area contributed by atoms with Crippen LogP contribution < -0.4 is 5.73 Å². The summed E-state index contributed by atoms with van der Waals surface area (Å²) in [5.74, 6) is 1.94. The van der Waals surface area contributed by atoms with Crippen molar-refractivity contribution in [2.45, 2.75) is 57.8 Å². The van der Waals surface area contributed by atoms with E-state index in [2.05, 4.69) is 4.90 Å². The van der Waals surface area contributed by atoms with Gasteiger partial charge in [-0.2, -0.15) is 0 Å². The number of nitrogens with two attached hydrogens (primary N) is 1. The fourth-order valence-corrected chi connectivity index (χ4v) is 3.42. The topological polar surface area (TPSA) is 46.3 Å². The van der Waals surface area contributed by atoms with Crippen LogP contribution in [-0.2, 0) is 4.79 Å². The molecule has 0 bridgehead atoms. The molecule has 0 spiro atoms. The SMILES string of the molecule is NCC1CCN(C(=O)CCCC2CCCC2)CC1. The van der Waals surface area contributed by atoms with Gasteiger partial charge in [-0.15, -0.1) is 0 Å². The van der Waals surface area contributed by atoms with Gasteiger partial charge in [0.05, 0.1) is 0 Å². The third kappa shape index (κ3) is 3.98. The van der Waals surface area contributed by atoms with Gasteiger partial charge in [0, 0.05) is 19.5 Å². The van der Waals surface area contributed by atoms with E-state index in [0.717, 1.165) is 51.2 Å². The maximum Gasteiger partial charge on any atom is 0.222 e. The number of likely N-dealkylation sites (tertiary alicyclic amines) is 1. The fraction of sp³-hybridized carbons (Fsp3) is 0.933. The monoisotopic (exact) mass is 252 g/mol. The van der Waals surface area contributed by atoms with Crippen LogP contribution in [0.15, 0.2) is 0 Å². The Bertz CT molecular complexity index is 253. The quantitative estimate of drug-likeness (QED) is 0.817. The molecule has 18 heavy (non-hydrogen) atoms. The Balaban J connectivity index is 1.59. The zero-order chi connectivity index (χ0) is 12.8. The van der Waals surface area contributed by atoms with Gasteiger partial charge in [0.25, 0.3) is 0 Å². The summed E-state index contributed by atoms with van der Waals surface area (Å²) in [6.45, 7) is 2.65. The molecule has 0 unspecified atom stereocenters. The summed E-state index contributed by atoms with van der Waals surface area (Å²) in [7, 11) is 0. The van der Waals surface area contributed by atoms with Gasteiger partial charge in [-0.1, -0.05) is 25.7 Å². The summed E-state index contributed by atoms with van der Waals surface area (Å²) in [4.78, 5) is 14.1. The summed E-state index contributed by atoms with van der Waals surface area (Å²) in [5, 5.41) is 0. The smallest absolute Gasteiger partial charge is 0.222 e. The van der Waals surface area contributed by atoms with E-state index in [1.165, 1.54) is 32.1 Å². The molecule has 3 heteroatoms. The van der Waals surface area contributed by atoms with E-state index in [4.69, 9.17) is 5.73 Å². The van der Waals surface area contributed by atoms with Gasteiger partial charge in [0.1, 0.15) is 0 Å². The van der Waals surface area contributed by atoms with Crippen molar-refractivity contribution in [3.05, 3.63) is 0 Å². The fourth-order valence-electron chi connectivity index (χ4n) is 3.42.